The molecule has 1 aromatic heterocycles. The van der Waals surface area contributed by atoms with Gasteiger partial charge in [-0.15, -0.1) is 0 Å². The molecule has 2 rings (SSSR count). The van der Waals surface area contributed by atoms with Crippen molar-refractivity contribution in [1.82, 2.24) is 10.2 Å². The molecule has 0 fully saturated rings. The number of H-pyrrole nitrogens is 1. The van der Waals surface area contributed by atoms with E-state index in [0.717, 1.165) is 0 Å². The van der Waals surface area contributed by atoms with Gasteiger partial charge >= 0.3 is 6.03 Å². The molecule has 0 aliphatic heterocycles. The molecule has 0 atom stereocenters. The van der Waals surface area contributed by atoms with Crippen molar-refractivity contribution >= 4 is 23.2 Å². The van der Waals surface area contributed by atoms with Crippen molar-refractivity contribution in [3.63, 3.8) is 0 Å². The summed E-state index contributed by atoms with van der Waals surface area (Å²) in [5, 5.41) is 20.0. The fourth-order valence-corrected chi connectivity index (χ4v) is 1.34. The van der Waals surface area contributed by atoms with Crippen LogP contribution in [0.15, 0.2) is 30.5 Å². The monoisotopic (exact) mass is 242 g/mol. The third kappa shape index (κ3) is 2.56. The Morgan fingerprint density at radius 1 is 1.44 bits per heavy atom. The van der Waals surface area contributed by atoms with E-state index >= 15 is 0 Å². The van der Waals surface area contributed by atoms with E-state index in [9.17, 15) is 4.79 Å². The second kappa shape index (κ2) is 4.88. The summed E-state index contributed by atoms with van der Waals surface area (Å²) in [5.74, 6) is 0.323. The van der Waals surface area contributed by atoms with Crippen LogP contribution in [0.5, 0.6) is 0 Å². The number of nitrogens with one attached hydrogen (secondary N) is 3. The number of nitrogen functional groups attached to an aromatic ring is 1. The van der Waals surface area contributed by atoms with Crippen LogP contribution in [0.25, 0.3) is 0 Å². The first-order valence-electron chi connectivity index (χ1n) is 5.06. The number of aromatic nitrogens is 2. The number of aromatic amines is 1. The van der Waals surface area contributed by atoms with Gasteiger partial charge in [0.2, 0.25) is 0 Å². The number of benzene rings is 1. The van der Waals surface area contributed by atoms with Crippen molar-refractivity contribution in [2.75, 3.05) is 16.4 Å². The van der Waals surface area contributed by atoms with E-state index in [2.05, 4.69) is 20.8 Å². The Bertz CT molecular complexity index is 612. The van der Waals surface area contributed by atoms with Gasteiger partial charge in [0.15, 0.2) is 5.82 Å². The SMILES string of the molecule is N#Cc1cccc(NC(=O)Nc2[nH]ncc2N)c1. The number of hydrogen-bond donors (Lipinski definition) is 4. The van der Waals surface area contributed by atoms with Crippen LogP contribution >= 0.6 is 0 Å². The molecule has 0 saturated heterocycles. The molecule has 1 aromatic carbocycles. The first-order chi connectivity index (χ1) is 8.69. The molecule has 18 heavy (non-hydrogen) atoms. The summed E-state index contributed by atoms with van der Waals surface area (Å²) in [6.45, 7) is 0. The van der Waals surface area contributed by atoms with E-state index in [1.54, 1.807) is 24.3 Å². The van der Waals surface area contributed by atoms with Gasteiger partial charge in [0.25, 0.3) is 0 Å². The summed E-state index contributed by atoms with van der Waals surface area (Å²) in [7, 11) is 0. The lowest BCUT2D eigenvalue weighted by molar-refractivity contribution is 0.262. The lowest BCUT2D eigenvalue weighted by atomic mass is 10.2. The summed E-state index contributed by atoms with van der Waals surface area (Å²) in [5.41, 5.74) is 6.88. The number of hydrogen-bond acceptors (Lipinski definition) is 4. The fraction of sp³-hybridized carbons (Fsp3) is 0. The summed E-state index contributed by atoms with van der Waals surface area (Å²) >= 11 is 0. The van der Waals surface area contributed by atoms with Gasteiger partial charge in [0.1, 0.15) is 0 Å². The molecule has 0 radical (unpaired) electrons. The van der Waals surface area contributed by atoms with Crippen LogP contribution in [0, 0.1) is 11.3 Å². The topological polar surface area (TPSA) is 120 Å². The van der Waals surface area contributed by atoms with Crippen LogP contribution in [0.3, 0.4) is 0 Å². The number of amides is 2. The lowest BCUT2D eigenvalue weighted by Gasteiger charge is -2.06. The molecule has 0 saturated carbocycles. The lowest BCUT2D eigenvalue weighted by Crippen LogP contribution is -2.20. The smallest absolute Gasteiger partial charge is 0.324 e. The van der Waals surface area contributed by atoms with E-state index in [-0.39, 0.29) is 0 Å². The van der Waals surface area contributed by atoms with Gasteiger partial charge in [-0.2, -0.15) is 10.4 Å². The standard InChI is InChI=1S/C11H10N6O/c12-5-7-2-1-3-8(4-7)15-11(18)16-10-9(13)6-14-17-10/h1-4,6H,13H2,(H3,14,15,16,17,18). The average Bonchev–Trinajstić information content (AvgIpc) is 2.75. The van der Waals surface area contributed by atoms with E-state index in [0.29, 0.717) is 22.8 Å². The van der Waals surface area contributed by atoms with Gasteiger partial charge in [-0.3, -0.25) is 10.4 Å². The van der Waals surface area contributed by atoms with Crippen LogP contribution in [0.1, 0.15) is 5.56 Å². The van der Waals surface area contributed by atoms with Gasteiger partial charge in [-0.1, -0.05) is 6.07 Å². The number of nitriles is 1. The number of carbonyl (C=O) groups excluding carboxylic acids is 1. The zero-order chi connectivity index (χ0) is 13.0. The summed E-state index contributed by atoms with van der Waals surface area (Å²) < 4.78 is 0. The Morgan fingerprint density at radius 2 is 2.28 bits per heavy atom. The predicted octanol–water partition coefficient (Wildman–Crippen LogP) is 1.51. The van der Waals surface area contributed by atoms with Crippen LogP contribution in [-0.4, -0.2) is 16.2 Å². The minimum Gasteiger partial charge on any atom is -0.394 e. The summed E-state index contributed by atoms with van der Waals surface area (Å²) in [4.78, 5) is 11.6. The van der Waals surface area contributed by atoms with Crippen LogP contribution < -0.4 is 16.4 Å². The predicted molar refractivity (Wildman–Crippen MR) is 66.8 cm³/mol. The van der Waals surface area contributed by atoms with Crippen LogP contribution in [0.4, 0.5) is 22.0 Å². The molecule has 0 aliphatic rings. The molecular formula is C11H10N6O. The zero-order valence-corrected chi connectivity index (χ0v) is 9.27. The van der Waals surface area contributed by atoms with Crippen molar-refractivity contribution in [3.8, 4) is 6.07 Å². The Balaban J connectivity index is 2.03. The van der Waals surface area contributed by atoms with E-state index in [1.165, 1.54) is 6.20 Å². The second-order valence-corrected chi connectivity index (χ2v) is 3.47. The molecule has 0 spiro atoms. The number of nitrogens with two attached hydrogens (primary N) is 1. The molecule has 5 N–H and O–H groups in total. The van der Waals surface area contributed by atoms with E-state index in [4.69, 9.17) is 11.0 Å². The third-order valence-electron chi connectivity index (χ3n) is 2.16. The van der Waals surface area contributed by atoms with Crippen molar-refractivity contribution in [1.29, 1.82) is 5.26 Å². The van der Waals surface area contributed by atoms with Crippen LogP contribution in [-0.2, 0) is 0 Å². The quantitative estimate of drug-likeness (QED) is 0.637. The highest BCUT2D eigenvalue weighted by Gasteiger charge is 2.06. The van der Waals surface area contributed by atoms with Gasteiger partial charge in [0.05, 0.1) is 23.5 Å². The van der Waals surface area contributed by atoms with Gasteiger partial charge in [-0.05, 0) is 18.2 Å². The number of carbonyl (C=O) groups is 1. The minimum absolute atomic E-state index is 0.323. The Labute approximate surface area is 103 Å². The first kappa shape index (κ1) is 11.5. The number of anilines is 3. The molecule has 7 heteroatoms. The molecule has 90 valence electrons. The number of rotatable bonds is 2. The zero-order valence-electron chi connectivity index (χ0n) is 9.27. The molecular weight excluding hydrogens is 232 g/mol. The van der Waals surface area contributed by atoms with Crippen LogP contribution in [0.2, 0.25) is 0 Å². The molecule has 1 heterocycles. The first-order valence-corrected chi connectivity index (χ1v) is 5.06. The fourth-order valence-electron chi connectivity index (χ4n) is 1.34. The Kier molecular flexibility index (Phi) is 3.11. The maximum Gasteiger partial charge on any atom is 0.324 e. The second-order valence-electron chi connectivity index (χ2n) is 3.47. The maximum atomic E-state index is 11.6. The molecule has 2 amide bonds. The minimum atomic E-state index is -0.471. The molecule has 0 bridgehead atoms. The molecule has 7 nitrogen and oxygen atoms in total. The van der Waals surface area contributed by atoms with Crippen molar-refractivity contribution in [3.05, 3.63) is 36.0 Å². The van der Waals surface area contributed by atoms with Crippen molar-refractivity contribution in [2.24, 2.45) is 0 Å². The largest absolute Gasteiger partial charge is 0.394 e. The molecule has 2 aromatic rings. The number of nitrogens with zero attached hydrogens (tertiary/aromatic N) is 2. The van der Waals surface area contributed by atoms with Gasteiger partial charge < -0.3 is 11.1 Å². The average molecular weight is 242 g/mol. The van der Waals surface area contributed by atoms with Crippen molar-refractivity contribution < 1.29 is 4.79 Å². The van der Waals surface area contributed by atoms with Crippen molar-refractivity contribution in [2.45, 2.75) is 0 Å². The normalized spacial score (nSPS) is 9.50. The summed E-state index contributed by atoms with van der Waals surface area (Å²) in [6, 6.07) is 8.09. The molecule has 0 aliphatic carbocycles. The van der Waals surface area contributed by atoms with Gasteiger partial charge in [-0.25, -0.2) is 4.79 Å². The highest BCUT2D eigenvalue weighted by molar-refractivity contribution is 6.00. The highest BCUT2D eigenvalue weighted by atomic mass is 16.2. The maximum absolute atomic E-state index is 11.6. The Morgan fingerprint density at radius 3 is 2.94 bits per heavy atom. The third-order valence-corrected chi connectivity index (χ3v) is 2.16. The number of urea groups is 1. The van der Waals surface area contributed by atoms with E-state index < -0.39 is 6.03 Å². The molecule has 0 unspecified atom stereocenters. The summed E-state index contributed by atoms with van der Waals surface area (Å²) in [6.07, 6.45) is 1.39. The van der Waals surface area contributed by atoms with Gasteiger partial charge in [0, 0.05) is 5.69 Å². The van der Waals surface area contributed by atoms with E-state index in [1.807, 2.05) is 6.07 Å². The highest BCUT2D eigenvalue weighted by Crippen LogP contribution is 2.14. The Hall–Kier alpha value is -3.01.